The minimum atomic E-state index is 0. The molecule has 1 radical (unpaired) electrons. The summed E-state index contributed by atoms with van der Waals surface area (Å²) in [6.07, 6.45) is 1.34. The summed E-state index contributed by atoms with van der Waals surface area (Å²) in [5.41, 5.74) is 0. The van der Waals surface area contributed by atoms with Crippen LogP contribution in [0.2, 0.25) is 0 Å². The number of nitrogens with zero attached hydrogens (tertiary/aromatic N) is 1. The molecular weight excluding hydrogens is 222 g/mol. The molecule has 0 aromatic carbocycles. The molecule has 0 bridgehead atoms. The number of carbonyl (C=O) groups excluding carboxylic acids is 1. The molecule has 0 aliphatic rings. The predicted octanol–water partition coefficient (Wildman–Crippen LogP) is 0.702. The van der Waals surface area contributed by atoms with Crippen LogP contribution in [-0.4, -0.2) is 23.5 Å². The fourth-order valence-corrected chi connectivity index (χ4v) is 0.551. The Kier molecular flexibility index (Phi) is 11.3. The Hall–Kier alpha value is 1.16. The van der Waals surface area contributed by atoms with E-state index in [1.54, 1.807) is 0 Å². The van der Waals surface area contributed by atoms with Crippen molar-refractivity contribution in [3.8, 4) is 0 Å². The smallest absolute Gasteiger partial charge is 0.118 e. The van der Waals surface area contributed by atoms with E-state index in [1.807, 2.05) is 4.67 Å². The van der Waals surface area contributed by atoms with Crippen molar-refractivity contribution in [3.63, 3.8) is 0 Å². The zero-order valence-electron chi connectivity index (χ0n) is 5.99. The molecule has 0 aromatic heterocycles. The van der Waals surface area contributed by atoms with E-state index in [0.717, 1.165) is 6.29 Å². The maximum Gasteiger partial charge on any atom is 0.118 e. The molecular formula is C6H12NOPY-2. The molecule has 10 heavy (non-hydrogen) atoms. The molecule has 2 unspecified atom stereocenters. The van der Waals surface area contributed by atoms with Crippen molar-refractivity contribution in [3.05, 3.63) is 13.8 Å². The molecule has 0 saturated heterocycles. The second kappa shape index (κ2) is 8.26. The van der Waals surface area contributed by atoms with Crippen LogP contribution in [-0.2, 0) is 37.5 Å². The van der Waals surface area contributed by atoms with Gasteiger partial charge in [-0.1, -0.05) is 9.39 Å². The largest absolute Gasteiger partial charge is 0.344 e. The number of hydrogen-bond donors (Lipinski definition) is 0. The summed E-state index contributed by atoms with van der Waals surface area (Å²) < 4.78 is 1.84. The summed E-state index contributed by atoms with van der Waals surface area (Å²) in [6, 6.07) is 0.0463. The molecule has 0 N–H and O–H groups in total. The van der Waals surface area contributed by atoms with E-state index < -0.39 is 0 Å². The molecule has 0 spiro atoms. The summed E-state index contributed by atoms with van der Waals surface area (Å²) in [5.74, 6) is 0. The van der Waals surface area contributed by atoms with Crippen LogP contribution in [0.25, 0.3) is 0 Å². The molecule has 0 aromatic rings. The quantitative estimate of drug-likeness (QED) is 0.405. The van der Waals surface area contributed by atoms with Gasteiger partial charge in [-0.05, 0) is 6.42 Å². The van der Waals surface area contributed by atoms with Gasteiger partial charge in [-0.25, -0.2) is 0 Å². The van der Waals surface area contributed by atoms with E-state index in [1.165, 1.54) is 0 Å². The van der Waals surface area contributed by atoms with Crippen LogP contribution in [0.5, 0.6) is 0 Å². The molecule has 0 rings (SSSR count). The first-order valence-corrected chi connectivity index (χ1v) is 3.31. The average molecular weight is 234 g/mol. The first-order valence-electron chi connectivity index (χ1n) is 2.79. The second-order valence-corrected chi connectivity index (χ2v) is 2.46. The first kappa shape index (κ1) is 13.7. The van der Waals surface area contributed by atoms with Crippen molar-refractivity contribution in [2.45, 2.75) is 12.5 Å². The summed E-state index contributed by atoms with van der Waals surface area (Å²) in [7, 11) is 2.47. The van der Waals surface area contributed by atoms with Crippen LogP contribution in [0.4, 0.5) is 0 Å². The van der Waals surface area contributed by atoms with Crippen molar-refractivity contribution in [1.82, 2.24) is 4.67 Å². The Balaban J connectivity index is 0. The summed E-state index contributed by atoms with van der Waals surface area (Å²) in [5, 5.41) is 0. The van der Waals surface area contributed by atoms with Gasteiger partial charge in [0, 0.05) is 32.7 Å². The zero-order chi connectivity index (χ0) is 7.28. The van der Waals surface area contributed by atoms with Gasteiger partial charge in [0.2, 0.25) is 0 Å². The van der Waals surface area contributed by atoms with Crippen LogP contribution < -0.4 is 0 Å². The fraction of sp³-hybridized carbons (Fsp3) is 0.500. The van der Waals surface area contributed by atoms with E-state index in [4.69, 9.17) is 0 Å². The molecule has 0 heterocycles. The van der Waals surface area contributed by atoms with E-state index in [9.17, 15) is 4.79 Å². The summed E-state index contributed by atoms with van der Waals surface area (Å²) in [6.45, 7) is 8.03. The van der Waals surface area contributed by atoms with Crippen molar-refractivity contribution in [2.75, 3.05) is 6.54 Å². The van der Waals surface area contributed by atoms with Crippen molar-refractivity contribution >= 4 is 15.7 Å². The SMILES string of the molecule is [CH2-]CN(P)C([CH2-])CC=O.[Y]. The van der Waals surface area contributed by atoms with Gasteiger partial charge in [0.05, 0.1) is 0 Å². The Morgan fingerprint density at radius 2 is 2.20 bits per heavy atom. The van der Waals surface area contributed by atoms with Gasteiger partial charge in [-0.2, -0.15) is 0 Å². The first-order chi connectivity index (χ1) is 4.22. The number of aldehydes is 1. The third-order valence-corrected chi connectivity index (χ3v) is 1.78. The van der Waals surface area contributed by atoms with Crippen LogP contribution in [0.15, 0.2) is 0 Å². The summed E-state index contributed by atoms with van der Waals surface area (Å²) >= 11 is 0. The van der Waals surface area contributed by atoms with E-state index in [2.05, 4.69) is 23.2 Å². The molecule has 0 fully saturated rings. The van der Waals surface area contributed by atoms with Gasteiger partial charge in [-0.3, -0.25) is 0 Å². The third-order valence-electron chi connectivity index (χ3n) is 1.10. The minimum absolute atomic E-state index is 0. The number of carbonyl (C=O) groups is 1. The molecule has 0 saturated carbocycles. The van der Waals surface area contributed by atoms with Crippen LogP contribution in [0.1, 0.15) is 6.42 Å². The molecule has 4 heteroatoms. The monoisotopic (exact) mass is 234 g/mol. The zero-order valence-corrected chi connectivity index (χ0v) is 9.99. The van der Waals surface area contributed by atoms with E-state index >= 15 is 0 Å². The number of hydrogen-bond acceptors (Lipinski definition) is 2. The maximum atomic E-state index is 9.94. The van der Waals surface area contributed by atoms with Gasteiger partial charge in [0.25, 0.3) is 0 Å². The Labute approximate surface area is 90.3 Å². The van der Waals surface area contributed by atoms with Gasteiger partial charge in [0.1, 0.15) is 6.29 Å². The third kappa shape index (κ3) is 5.91. The Bertz CT molecular complexity index is 91.8. The molecule has 2 atom stereocenters. The van der Waals surface area contributed by atoms with Gasteiger partial charge in [0.15, 0.2) is 0 Å². The fourth-order valence-electron chi connectivity index (χ4n) is 0.429. The topological polar surface area (TPSA) is 20.3 Å². The number of rotatable bonds is 4. The van der Waals surface area contributed by atoms with E-state index in [0.29, 0.717) is 13.0 Å². The predicted molar refractivity (Wildman–Crippen MR) is 41.6 cm³/mol. The van der Waals surface area contributed by atoms with Crippen LogP contribution >= 0.6 is 9.39 Å². The second-order valence-electron chi connectivity index (χ2n) is 1.79. The molecule has 0 aliphatic carbocycles. The maximum absolute atomic E-state index is 9.94. The van der Waals surface area contributed by atoms with Gasteiger partial charge in [-0.15, -0.1) is 12.6 Å². The standard InChI is InChI=1S/C6H12NOP.Y/c1-3-7(9)6(2)4-5-8;/h5-6H,1-4,9H2;/q-2;. The van der Waals surface area contributed by atoms with Gasteiger partial charge >= 0.3 is 0 Å². The van der Waals surface area contributed by atoms with Crippen molar-refractivity contribution in [1.29, 1.82) is 0 Å². The molecule has 0 amide bonds. The van der Waals surface area contributed by atoms with Gasteiger partial charge < -0.3 is 23.3 Å². The molecule has 0 aliphatic heterocycles. The van der Waals surface area contributed by atoms with E-state index in [-0.39, 0.29) is 38.8 Å². The molecule has 57 valence electrons. The van der Waals surface area contributed by atoms with Crippen molar-refractivity contribution < 1.29 is 37.5 Å². The molecule has 2 nitrogen and oxygen atoms in total. The minimum Gasteiger partial charge on any atom is -0.344 e. The van der Waals surface area contributed by atoms with Crippen LogP contribution in [0.3, 0.4) is 0 Å². The normalized spacial score (nSPS) is 12.4. The average Bonchev–Trinajstić information content (AvgIpc) is 1.87. The Morgan fingerprint density at radius 1 is 1.70 bits per heavy atom. The van der Waals surface area contributed by atoms with Crippen molar-refractivity contribution in [2.24, 2.45) is 0 Å². The Morgan fingerprint density at radius 3 is 2.50 bits per heavy atom. The van der Waals surface area contributed by atoms with Crippen LogP contribution in [0, 0.1) is 13.8 Å². The summed E-state index contributed by atoms with van der Waals surface area (Å²) in [4.78, 5) is 9.94.